The average molecular weight is 336 g/mol. The third-order valence-electron chi connectivity index (χ3n) is 5.22. The fourth-order valence-corrected chi connectivity index (χ4v) is 4.61. The zero-order chi connectivity index (χ0) is 13.8. The van der Waals surface area contributed by atoms with Gasteiger partial charge in [-0.2, -0.15) is 0 Å². The molecule has 0 spiro atoms. The Kier molecular flexibility index (Phi) is 5.17. The van der Waals surface area contributed by atoms with E-state index >= 15 is 0 Å². The van der Waals surface area contributed by atoms with Gasteiger partial charge >= 0.3 is 0 Å². The molecule has 0 bridgehead atoms. The van der Waals surface area contributed by atoms with E-state index in [0.29, 0.717) is 0 Å². The van der Waals surface area contributed by atoms with Crippen molar-refractivity contribution in [2.75, 3.05) is 13.1 Å². The van der Waals surface area contributed by atoms with Gasteiger partial charge in [0.2, 0.25) is 0 Å². The van der Waals surface area contributed by atoms with Crippen LogP contribution in [0.5, 0.6) is 0 Å². The van der Waals surface area contributed by atoms with Crippen LogP contribution in [0.15, 0.2) is 28.7 Å². The van der Waals surface area contributed by atoms with E-state index in [1.54, 1.807) is 0 Å². The molecule has 2 fully saturated rings. The van der Waals surface area contributed by atoms with Crippen LogP contribution in [-0.4, -0.2) is 24.0 Å². The van der Waals surface area contributed by atoms with Crippen molar-refractivity contribution < 1.29 is 0 Å². The summed E-state index contributed by atoms with van der Waals surface area (Å²) in [5, 5.41) is 0. The first-order valence-corrected chi connectivity index (χ1v) is 9.12. The predicted molar refractivity (Wildman–Crippen MR) is 89.2 cm³/mol. The van der Waals surface area contributed by atoms with Crippen LogP contribution in [0, 0.1) is 0 Å². The van der Waals surface area contributed by atoms with E-state index in [0.717, 1.165) is 12.0 Å². The summed E-state index contributed by atoms with van der Waals surface area (Å²) >= 11 is 3.72. The minimum Gasteiger partial charge on any atom is -0.300 e. The summed E-state index contributed by atoms with van der Waals surface area (Å²) in [6.45, 7) is 2.60. The van der Waals surface area contributed by atoms with Gasteiger partial charge in [-0.05, 0) is 56.3 Å². The van der Waals surface area contributed by atoms with Crippen LogP contribution in [0.1, 0.15) is 62.8 Å². The molecular formula is C18H26BrN. The first kappa shape index (κ1) is 14.6. The lowest BCUT2D eigenvalue weighted by Crippen LogP contribution is -2.40. The maximum atomic E-state index is 3.72. The molecule has 1 aromatic rings. The van der Waals surface area contributed by atoms with Gasteiger partial charge < -0.3 is 4.90 Å². The second-order valence-corrected chi connectivity index (χ2v) is 7.33. The Bertz CT molecular complexity index is 415. The fourth-order valence-electron chi connectivity index (χ4n) is 4.00. The molecule has 0 N–H and O–H groups in total. The highest BCUT2D eigenvalue weighted by molar-refractivity contribution is 9.10. The van der Waals surface area contributed by atoms with Crippen LogP contribution >= 0.6 is 15.9 Å². The van der Waals surface area contributed by atoms with E-state index in [9.17, 15) is 0 Å². The Balaban J connectivity index is 1.58. The maximum absolute atomic E-state index is 3.72. The molecule has 20 heavy (non-hydrogen) atoms. The molecule has 0 radical (unpaired) electrons. The largest absolute Gasteiger partial charge is 0.300 e. The molecule has 3 rings (SSSR count). The number of halogens is 1. The van der Waals surface area contributed by atoms with Crippen LogP contribution in [0.2, 0.25) is 0 Å². The number of hydrogen-bond acceptors (Lipinski definition) is 1. The summed E-state index contributed by atoms with van der Waals surface area (Å²) in [5.74, 6) is 0.757. The van der Waals surface area contributed by atoms with Gasteiger partial charge in [0.25, 0.3) is 0 Å². The lowest BCUT2D eigenvalue weighted by Gasteiger charge is -2.37. The van der Waals surface area contributed by atoms with Gasteiger partial charge in [-0.3, -0.25) is 0 Å². The smallest absolute Gasteiger partial charge is 0.0210 e. The van der Waals surface area contributed by atoms with Gasteiger partial charge in [-0.1, -0.05) is 59.8 Å². The predicted octanol–water partition coefficient (Wildman–Crippen LogP) is 5.35. The fraction of sp³-hybridized carbons (Fsp3) is 0.667. The zero-order valence-electron chi connectivity index (χ0n) is 12.4. The molecule has 1 aliphatic heterocycles. The van der Waals surface area contributed by atoms with Crippen molar-refractivity contribution in [3.63, 3.8) is 0 Å². The van der Waals surface area contributed by atoms with Gasteiger partial charge in [0.05, 0.1) is 0 Å². The van der Waals surface area contributed by atoms with Crippen molar-refractivity contribution in [3.8, 4) is 0 Å². The Labute approximate surface area is 131 Å². The number of benzene rings is 1. The standard InChI is InChI=1S/C18H26BrN/c19-18-10-6-5-9-17(18)15-11-13-20(14-12-15)16-7-3-1-2-4-8-16/h5-6,9-10,15-16H,1-4,7-8,11-14H2. The average Bonchev–Trinajstić information content (AvgIpc) is 2.77. The third-order valence-corrected chi connectivity index (χ3v) is 5.94. The molecule has 1 aromatic carbocycles. The quantitative estimate of drug-likeness (QED) is 0.658. The van der Waals surface area contributed by atoms with Gasteiger partial charge in [-0.15, -0.1) is 0 Å². The zero-order valence-corrected chi connectivity index (χ0v) is 13.9. The number of piperidine rings is 1. The van der Waals surface area contributed by atoms with E-state index in [-0.39, 0.29) is 0 Å². The van der Waals surface area contributed by atoms with E-state index in [2.05, 4.69) is 45.1 Å². The molecule has 110 valence electrons. The van der Waals surface area contributed by atoms with Gasteiger partial charge in [0, 0.05) is 10.5 Å². The Morgan fingerprint density at radius 2 is 1.50 bits per heavy atom. The number of rotatable bonds is 2. The summed E-state index contributed by atoms with van der Waals surface area (Å²) in [5.41, 5.74) is 1.52. The lowest BCUT2D eigenvalue weighted by molar-refractivity contribution is 0.139. The third kappa shape index (κ3) is 3.46. The number of likely N-dealkylation sites (tertiary alicyclic amines) is 1. The second kappa shape index (κ2) is 7.09. The summed E-state index contributed by atoms with van der Waals surface area (Å²) in [6.07, 6.45) is 11.4. The highest BCUT2D eigenvalue weighted by Crippen LogP contribution is 2.34. The molecule has 0 aromatic heterocycles. The van der Waals surface area contributed by atoms with Crippen molar-refractivity contribution in [2.45, 2.75) is 63.3 Å². The van der Waals surface area contributed by atoms with Crippen molar-refractivity contribution in [3.05, 3.63) is 34.3 Å². The van der Waals surface area contributed by atoms with Crippen LogP contribution in [0.25, 0.3) is 0 Å². The second-order valence-electron chi connectivity index (χ2n) is 6.48. The number of hydrogen-bond donors (Lipinski definition) is 0. The molecule has 1 aliphatic carbocycles. The molecule has 1 saturated heterocycles. The molecule has 0 atom stereocenters. The summed E-state index contributed by atoms with van der Waals surface area (Å²) in [4.78, 5) is 2.79. The van der Waals surface area contributed by atoms with Crippen LogP contribution in [-0.2, 0) is 0 Å². The Hall–Kier alpha value is -0.340. The Morgan fingerprint density at radius 1 is 0.850 bits per heavy atom. The molecule has 2 aliphatic rings. The van der Waals surface area contributed by atoms with Gasteiger partial charge in [0.15, 0.2) is 0 Å². The summed E-state index contributed by atoms with van der Waals surface area (Å²) in [6, 6.07) is 9.67. The normalized spacial score (nSPS) is 23.6. The monoisotopic (exact) mass is 335 g/mol. The number of nitrogens with zero attached hydrogens (tertiary/aromatic N) is 1. The van der Waals surface area contributed by atoms with E-state index < -0.39 is 0 Å². The lowest BCUT2D eigenvalue weighted by atomic mass is 9.88. The van der Waals surface area contributed by atoms with Crippen LogP contribution in [0.4, 0.5) is 0 Å². The molecule has 1 saturated carbocycles. The van der Waals surface area contributed by atoms with E-state index in [4.69, 9.17) is 0 Å². The van der Waals surface area contributed by atoms with Crippen molar-refractivity contribution in [1.29, 1.82) is 0 Å². The maximum Gasteiger partial charge on any atom is 0.0210 e. The first-order chi connectivity index (χ1) is 9.84. The Morgan fingerprint density at radius 3 is 2.15 bits per heavy atom. The van der Waals surface area contributed by atoms with Crippen LogP contribution in [0.3, 0.4) is 0 Å². The van der Waals surface area contributed by atoms with Crippen LogP contribution < -0.4 is 0 Å². The van der Waals surface area contributed by atoms with E-state index in [1.165, 1.54) is 74.5 Å². The summed E-state index contributed by atoms with van der Waals surface area (Å²) in [7, 11) is 0. The topological polar surface area (TPSA) is 3.24 Å². The molecule has 1 heterocycles. The SMILES string of the molecule is Brc1ccccc1C1CCN(C2CCCCCC2)CC1. The van der Waals surface area contributed by atoms with Crippen molar-refractivity contribution in [2.24, 2.45) is 0 Å². The molecule has 2 heteroatoms. The van der Waals surface area contributed by atoms with Gasteiger partial charge in [-0.25, -0.2) is 0 Å². The van der Waals surface area contributed by atoms with Crippen molar-refractivity contribution >= 4 is 15.9 Å². The van der Waals surface area contributed by atoms with E-state index in [1.807, 2.05) is 0 Å². The van der Waals surface area contributed by atoms with Crippen molar-refractivity contribution in [1.82, 2.24) is 4.90 Å². The van der Waals surface area contributed by atoms with Gasteiger partial charge in [0.1, 0.15) is 0 Å². The highest BCUT2D eigenvalue weighted by atomic mass is 79.9. The highest BCUT2D eigenvalue weighted by Gasteiger charge is 2.26. The molecule has 0 unspecified atom stereocenters. The molecule has 0 amide bonds. The first-order valence-electron chi connectivity index (χ1n) is 8.33. The summed E-state index contributed by atoms with van der Waals surface area (Å²) < 4.78 is 1.30. The minimum atomic E-state index is 0.757. The minimum absolute atomic E-state index is 0.757. The molecule has 1 nitrogen and oxygen atoms in total. The molecular weight excluding hydrogens is 310 g/mol.